The third kappa shape index (κ3) is 4.48. The van der Waals surface area contributed by atoms with Crippen LogP contribution in [0.15, 0.2) is 41.3 Å². The van der Waals surface area contributed by atoms with Crippen molar-refractivity contribution in [3.63, 3.8) is 0 Å². The molecule has 0 radical (unpaired) electrons. The van der Waals surface area contributed by atoms with Crippen molar-refractivity contribution in [2.24, 2.45) is 0 Å². The number of hydrogen-bond acceptors (Lipinski definition) is 6. The molecule has 0 bridgehead atoms. The number of hydrogen-bond donors (Lipinski definition) is 1. The van der Waals surface area contributed by atoms with Gasteiger partial charge in [0.25, 0.3) is 0 Å². The van der Waals surface area contributed by atoms with E-state index in [2.05, 4.69) is 5.32 Å². The first-order chi connectivity index (χ1) is 11.7. The summed E-state index contributed by atoms with van der Waals surface area (Å²) in [6.45, 7) is 4.46. The van der Waals surface area contributed by atoms with E-state index >= 15 is 0 Å². The average molecular weight is 364 g/mol. The number of rotatable bonds is 7. The Balaban J connectivity index is 2.13. The molecule has 0 aromatic heterocycles. The molecule has 1 N–H and O–H groups in total. The number of nitrogens with zero attached hydrogens (tertiary/aromatic N) is 1. The van der Waals surface area contributed by atoms with E-state index in [4.69, 9.17) is 4.74 Å². The fourth-order valence-corrected chi connectivity index (χ4v) is 3.38. The molecule has 0 heterocycles. The third-order valence-corrected chi connectivity index (χ3v) is 4.78. The molecule has 0 aliphatic rings. The first kappa shape index (κ1) is 18.7. The van der Waals surface area contributed by atoms with E-state index in [1.807, 2.05) is 32.0 Å². The van der Waals surface area contributed by atoms with Gasteiger partial charge in [-0.2, -0.15) is 0 Å². The highest BCUT2D eigenvalue weighted by Crippen LogP contribution is 2.31. The zero-order chi connectivity index (χ0) is 18.6. The number of para-hydroxylation sites is 2. The molecule has 0 spiro atoms. The highest BCUT2D eigenvalue weighted by atomic mass is 32.2. The minimum atomic E-state index is -3.70. The summed E-state index contributed by atoms with van der Waals surface area (Å²) in [6.07, 6.45) is 0.948. The van der Waals surface area contributed by atoms with Crippen LogP contribution in [0.1, 0.15) is 11.1 Å². The average Bonchev–Trinajstić information content (AvgIpc) is 2.52. The zero-order valence-corrected chi connectivity index (χ0v) is 15.1. The number of nitro groups is 1. The Hall–Kier alpha value is -2.61. The van der Waals surface area contributed by atoms with Gasteiger partial charge in [0.1, 0.15) is 22.9 Å². The van der Waals surface area contributed by atoms with Gasteiger partial charge < -0.3 is 10.1 Å². The summed E-state index contributed by atoms with van der Waals surface area (Å²) in [4.78, 5) is 10.3. The maximum atomic E-state index is 11.7. The molecule has 0 saturated carbocycles. The zero-order valence-electron chi connectivity index (χ0n) is 14.3. The molecule has 2 rings (SSSR count). The Morgan fingerprint density at radius 2 is 1.72 bits per heavy atom. The van der Waals surface area contributed by atoms with Gasteiger partial charge in [-0.25, -0.2) is 8.42 Å². The molecule has 7 nitrogen and oxygen atoms in total. The number of sulfone groups is 1. The normalized spacial score (nSPS) is 11.2. The van der Waals surface area contributed by atoms with Crippen LogP contribution in [0.2, 0.25) is 0 Å². The Kier molecular flexibility index (Phi) is 5.63. The van der Waals surface area contributed by atoms with Gasteiger partial charge in [0.15, 0.2) is 9.84 Å². The molecule has 0 unspecified atom stereocenters. The van der Waals surface area contributed by atoms with Gasteiger partial charge in [-0.15, -0.1) is 0 Å². The summed E-state index contributed by atoms with van der Waals surface area (Å²) < 4.78 is 29.2. The van der Waals surface area contributed by atoms with Crippen LogP contribution < -0.4 is 10.1 Å². The summed E-state index contributed by atoms with van der Waals surface area (Å²) in [5.74, 6) is 0.781. The topological polar surface area (TPSA) is 98.5 Å². The van der Waals surface area contributed by atoms with Crippen LogP contribution in [-0.2, 0) is 9.84 Å². The van der Waals surface area contributed by atoms with Crippen LogP contribution in [0.5, 0.6) is 5.75 Å². The highest BCUT2D eigenvalue weighted by molar-refractivity contribution is 7.90. The SMILES string of the molecule is Cc1cccc(C)c1OCCNc1cccc(S(C)(=O)=O)c1[N+](=O)[O-]. The fraction of sp³-hybridized carbons (Fsp3) is 0.294. The lowest BCUT2D eigenvalue weighted by Gasteiger charge is -2.13. The smallest absolute Gasteiger partial charge is 0.310 e. The van der Waals surface area contributed by atoms with E-state index in [9.17, 15) is 18.5 Å². The number of nitrogens with one attached hydrogen (secondary N) is 1. The van der Waals surface area contributed by atoms with Crippen molar-refractivity contribution in [3.05, 3.63) is 57.6 Å². The van der Waals surface area contributed by atoms with E-state index in [-0.39, 0.29) is 17.2 Å². The molecular weight excluding hydrogens is 344 g/mol. The lowest BCUT2D eigenvalue weighted by Crippen LogP contribution is -2.14. The lowest BCUT2D eigenvalue weighted by atomic mass is 10.1. The second-order valence-electron chi connectivity index (χ2n) is 5.68. The summed E-state index contributed by atoms with van der Waals surface area (Å²) >= 11 is 0. The Bertz CT molecular complexity index is 874. The van der Waals surface area contributed by atoms with Gasteiger partial charge >= 0.3 is 5.69 Å². The van der Waals surface area contributed by atoms with Crippen molar-refractivity contribution in [1.29, 1.82) is 0 Å². The molecule has 2 aromatic rings. The second kappa shape index (κ2) is 7.52. The highest BCUT2D eigenvalue weighted by Gasteiger charge is 2.25. The first-order valence-corrected chi connectivity index (χ1v) is 9.51. The Morgan fingerprint density at radius 3 is 2.28 bits per heavy atom. The fourth-order valence-electron chi connectivity index (χ4n) is 2.52. The van der Waals surface area contributed by atoms with Crippen molar-refractivity contribution < 1.29 is 18.1 Å². The number of aryl methyl sites for hydroxylation is 2. The van der Waals surface area contributed by atoms with Crippen molar-refractivity contribution in [2.45, 2.75) is 18.7 Å². The molecule has 0 aliphatic heterocycles. The van der Waals surface area contributed by atoms with E-state index in [0.717, 1.165) is 23.1 Å². The Labute approximate surface area is 146 Å². The number of nitro benzene ring substituents is 1. The van der Waals surface area contributed by atoms with Gasteiger partial charge in [0.2, 0.25) is 0 Å². The summed E-state index contributed by atoms with van der Waals surface area (Å²) in [7, 11) is -3.70. The van der Waals surface area contributed by atoms with Gasteiger partial charge in [0.05, 0.1) is 4.92 Å². The van der Waals surface area contributed by atoms with Gasteiger partial charge in [0, 0.05) is 12.8 Å². The van der Waals surface area contributed by atoms with Crippen LogP contribution in [0, 0.1) is 24.0 Å². The molecule has 8 heteroatoms. The largest absolute Gasteiger partial charge is 0.491 e. The number of benzene rings is 2. The van der Waals surface area contributed by atoms with E-state index in [1.54, 1.807) is 0 Å². The summed E-state index contributed by atoms with van der Waals surface area (Å²) in [5, 5.41) is 14.2. The van der Waals surface area contributed by atoms with Crippen LogP contribution in [0.25, 0.3) is 0 Å². The Morgan fingerprint density at radius 1 is 1.12 bits per heavy atom. The van der Waals surface area contributed by atoms with Crippen molar-refractivity contribution in [2.75, 3.05) is 24.7 Å². The standard InChI is InChI=1S/C17H20N2O5S/c1-12-6-4-7-13(2)17(12)24-11-10-18-14-8-5-9-15(25(3,22)23)16(14)19(20)21/h4-9,18H,10-11H2,1-3H3. The molecule has 0 fully saturated rings. The second-order valence-corrected chi connectivity index (χ2v) is 7.66. The van der Waals surface area contributed by atoms with Crippen LogP contribution in [-0.4, -0.2) is 32.7 Å². The van der Waals surface area contributed by atoms with E-state index < -0.39 is 20.4 Å². The molecule has 0 atom stereocenters. The third-order valence-electron chi connectivity index (χ3n) is 3.65. The first-order valence-electron chi connectivity index (χ1n) is 7.62. The van der Waals surface area contributed by atoms with Crippen molar-refractivity contribution in [1.82, 2.24) is 0 Å². The minimum absolute atomic E-state index is 0.151. The van der Waals surface area contributed by atoms with E-state index in [1.165, 1.54) is 18.2 Å². The number of anilines is 1. The molecule has 0 aliphatic carbocycles. The molecule has 0 saturated heterocycles. The number of ether oxygens (including phenoxy) is 1. The van der Waals surface area contributed by atoms with Crippen LogP contribution in [0.4, 0.5) is 11.4 Å². The molecule has 134 valence electrons. The van der Waals surface area contributed by atoms with Crippen molar-refractivity contribution >= 4 is 21.2 Å². The quantitative estimate of drug-likeness (QED) is 0.460. The van der Waals surface area contributed by atoms with Gasteiger partial charge in [-0.05, 0) is 37.1 Å². The summed E-state index contributed by atoms with van der Waals surface area (Å²) in [6, 6.07) is 10.00. The minimum Gasteiger partial charge on any atom is -0.491 e. The molecular formula is C17H20N2O5S. The maximum absolute atomic E-state index is 11.7. The summed E-state index contributed by atoms with van der Waals surface area (Å²) in [5.41, 5.74) is 1.71. The van der Waals surface area contributed by atoms with Crippen LogP contribution >= 0.6 is 0 Å². The van der Waals surface area contributed by atoms with Crippen molar-refractivity contribution in [3.8, 4) is 5.75 Å². The van der Waals surface area contributed by atoms with Gasteiger partial charge in [-0.1, -0.05) is 24.3 Å². The molecule has 25 heavy (non-hydrogen) atoms. The van der Waals surface area contributed by atoms with E-state index in [0.29, 0.717) is 6.54 Å². The van der Waals surface area contributed by atoms with Gasteiger partial charge in [-0.3, -0.25) is 10.1 Å². The van der Waals surface area contributed by atoms with Crippen LogP contribution in [0.3, 0.4) is 0 Å². The monoisotopic (exact) mass is 364 g/mol. The maximum Gasteiger partial charge on any atom is 0.310 e. The molecule has 2 aromatic carbocycles. The predicted molar refractivity (Wildman–Crippen MR) is 96.1 cm³/mol. The predicted octanol–water partition coefficient (Wildman–Crippen LogP) is 3.11. The lowest BCUT2D eigenvalue weighted by molar-refractivity contribution is -0.386. The molecule has 0 amide bonds.